The molecular weight excluding hydrogens is 374 g/mol. The Balaban J connectivity index is 1.61. The van der Waals surface area contributed by atoms with Gasteiger partial charge in [-0.2, -0.15) is 0 Å². The molecule has 0 aliphatic heterocycles. The van der Waals surface area contributed by atoms with Crippen LogP contribution in [-0.4, -0.2) is 34.8 Å². The van der Waals surface area contributed by atoms with E-state index in [1.165, 1.54) is 36.0 Å². The molecule has 1 amide bonds. The summed E-state index contributed by atoms with van der Waals surface area (Å²) in [6.07, 6.45) is 1.58. The third-order valence-corrected chi connectivity index (χ3v) is 5.22. The summed E-state index contributed by atoms with van der Waals surface area (Å²) in [4.78, 5) is 12.1. The fraction of sp³-hybridized carbons (Fsp3) is 0.0625. The van der Waals surface area contributed by atoms with Crippen LogP contribution in [0.4, 0.5) is 5.69 Å². The van der Waals surface area contributed by atoms with Crippen molar-refractivity contribution < 1.29 is 13.2 Å². The number of carbonyl (C=O) groups is 1. The average molecular weight is 389 g/mol. The van der Waals surface area contributed by atoms with Gasteiger partial charge in [0.2, 0.25) is 15.9 Å². The number of primary sulfonamides is 1. The fourth-order valence-corrected chi connectivity index (χ4v) is 3.39. The third kappa shape index (κ3) is 4.48. The summed E-state index contributed by atoms with van der Waals surface area (Å²) in [6, 6.07) is 15.2. The third-order valence-electron chi connectivity index (χ3n) is 3.35. The second-order valence-electron chi connectivity index (χ2n) is 5.23. The van der Waals surface area contributed by atoms with Gasteiger partial charge in [0.25, 0.3) is 0 Å². The van der Waals surface area contributed by atoms with Gasteiger partial charge in [-0.15, -0.1) is 10.2 Å². The first-order chi connectivity index (χ1) is 12.4. The number of thioether (sulfide) groups is 1. The lowest BCUT2D eigenvalue weighted by Crippen LogP contribution is -2.15. The maximum Gasteiger partial charge on any atom is 0.238 e. The van der Waals surface area contributed by atoms with Crippen molar-refractivity contribution in [3.63, 3.8) is 0 Å². The number of nitrogens with one attached hydrogen (secondary N) is 1. The van der Waals surface area contributed by atoms with Crippen molar-refractivity contribution in [3.8, 4) is 5.69 Å². The summed E-state index contributed by atoms with van der Waals surface area (Å²) in [5.41, 5.74) is 1.38. The van der Waals surface area contributed by atoms with Crippen molar-refractivity contribution in [2.45, 2.75) is 10.1 Å². The molecule has 0 radical (unpaired) electrons. The molecule has 0 saturated heterocycles. The molecule has 0 unspecified atom stereocenters. The molecule has 0 aliphatic rings. The van der Waals surface area contributed by atoms with Crippen molar-refractivity contribution in [3.05, 3.63) is 60.9 Å². The van der Waals surface area contributed by atoms with Gasteiger partial charge in [0.05, 0.1) is 10.6 Å². The number of anilines is 1. The van der Waals surface area contributed by atoms with Crippen LogP contribution in [0.2, 0.25) is 0 Å². The number of amides is 1. The van der Waals surface area contributed by atoms with Crippen LogP contribution in [0.3, 0.4) is 0 Å². The standard InChI is InChI=1S/C16H15N5O3S2/c17-26(23,24)14-8-6-12(7-9-14)19-15(22)10-25-16-20-18-11-21(16)13-4-2-1-3-5-13/h1-9,11H,10H2,(H,19,22)(H2,17,23,24). The second kappa shape index (κ2) is 7.68. The highest BCUT2D eigenvalue weighted by Gasteiger charge is 2.11. The summed E-state index contributed by atoms with van der Waals surface area (Å²) in [5, 5.41) is 16.2. The van der Waals surface area contributed by atoms with Crippen LogP contribution >= 0.6 is 11.8 Å². The molecular formula is C16H15N5O3S2. The summed E-state index contributed by atoms with van der Waals surface area (Å²) >= 11 is 1.24. The Morgan fingerprint density at radius 3 is 2.46 bits per heavy atom. The monoisotopic (exact) mass is 389 g/mol. The van der Waals surface area contributed by atoms with E-state index in [9.17, 15) is 13.2 Å². The van der Waals surface area contributed by atoms with Crippen molar-refractivity contribution in [2.75, 3.05) is 11.1 Å². The molecule has 26 heavy (non-hydrogen) atoms. The first kappa shape index (κ1) is 18.1. The minimum absolute atomic E-state index is 0.0131. The second-order valence-corrected chi connectivity index (χ2v) is 7.73. The van der Waals surface area contributed by atoms with Crippen molar-refractivity contribution in [2.24, 2.45) is 5.14 Å². The van der Waals surface area contributed by atoms with Gasteiger partial charge in [-0.25, -0.2) is 13.6 Å². The molecule has 0 aliphatic carbocycles. The van der Waals surface area contributed by atoms with E-state index < -0.39 is 10.0 Å². The van der Waals surface area contributed by atoms with Crippen molar-refractivity contribution in [1.29, 1.82) is 0 Å². The van der Waals surface area contributed by atoms with Gasteiger partial charge in [-0.1, -0.05) is 30.0 Å². The molecule has 0 fully saturated rings. The van der Waals surface area contributed by atoms with Crippen LogP contribution in [0, 0.1) is 0 Å². The van der Waals surface area contributed by atoms with Crippen LogP contribution in [-0.2, 0) is 14.8 Å². The van der Waals surface area contributed by atoms with Gasteiger partial charge in [-0.3, -0.25) is 9.36 Å². The zero-order valence-electron chi connectivity index (χ0n) is 13.4. The van der Waals surface area contributed by atoms with E-state index in [2.05, 4.69) is 15.5 Å². The van der Waals surface area contributed by atoms with E-state index in [0.717, 1.165) is 5.69 Å². The van der Waals surface area contributed by atoms with Gasteiger partial charge in [0.15, 0.2) is 5.16 Å². The summed E-state index contributed by atoms with van der Waals surface area (Å²) < 4.78 is 24.2. The summed E-state index contributed by atoms with van der Waals surface area (Å²) in [6.45, 7) is 0. The molecule has 134 valence electrons. The Morgan fingerprint density at radius 1 is 1.12 bits per heavy atom. The number of hydrogen-bond acceptors (Lipinski definition) is 6. The van der Waals surface area contributed by atoms with Gasteiger partial charge >= 0.3 is 0 Å². The highest BCUT2D eigenvalue weighted by atomic mass is 32.2. The molecule has 1 aromatic heterocycles. The Labute approximate surface area is 154 Å². The number of sulfonamides is 1. The number of hydrogen-bond donors (Lipinski definition) is 2. The molecule has 3 N–H and O–H groups in total. The Morgan fingerprint density at radius 2 is 1.81 bits per heavy atom. The molecule has 8 nitrogen and oxygen atoms in total. The zero-order chi connectivity index (χ0) is 18.6. The van der Waals surface area contributed by atoms with E-state index in [4.69, 9.17) is 5.14 Å². The van der Waals surface area contributed by atoms with E-state index in [1.807, 2.05) is 30.3 Å². The smallest absolute Gasteiger partial charge is 0.238 e. The van der Waals surface area contributed by atoms with E-state index >= 15 is 0 Å². The lowest BCUT2D eigenvalue weighted by atomic mass is 10.3. The van der Waals surface area contributed by atoms with Crippen molar-refractivity contribution in [1.82, 2.24) is 14.8 Å². The van der Waals surface area contributed by atoms with Gasteiger partial charge in [0.1, 0.15) is 6.33 Å². The molecule has 2 aromatic carbocycles. The normalized spacial score (nSPS) is 11.3. The lowest BCUT2D eigenvalue weighted by Gasteiger charge is -2.07. The largest absolute Gasteiger partial charge is 0.325 e. The van der Waals surface area contributed by atoms with E-state index in [-0.39, 0.29) is 16.6 Å². The number of rotatable bonds is 6. The molecule has 3 aromatic rings. The number of nitrogens with two attached hydrogens (primary N) is 1. The minimum Gasteiger partial charge on any atom is -0.325 e. The SMILES string of the molecule is NS(=O)(=O)c1ccc(NC(=O)CSc2nncn2-c2ccccc2)cc1. The number of aromatic nitrogens is 3. The van der Waals surface area contributed by atoms with Crippen LogP contribution in [0.25, 0.3) is 5.69 Å². The molecule has 10 heteroatoms. The molecule has 0 bridgehead atoms. The zero-order valence-corrected chi connectivity index (χ0v) is 15.1. The molecule has 0 saturated carbocycles. The van der Waals surface area contributed by atoms with Crippen LogP contribution < -0.4 is 10.5 Å². The maximum absolute atomic E-state index is 12.1. The number of benzene rings is 2. The van der Waals surface area contributed by atoms with Crippen LogP contribution in [0.5, 0.6) is 0 Å². The van der Waals surface area contributed by atoms with Crippen LogP contribution in [0.1, 0.15) is 0 Å². The molecule has 1 heterocycles. The summed E-state index contributed by atoms with van der Waals surface area (Å²) in [7, 11) is -3.75. The Kier molecular flexibility index (Phi) is 5.35. The first-order valence-electron chi connectivity index (χ1n) is 7.44. The maximum atomic E-state index is 12.1. The summed E-state index contributed by atoms with van der Waals surface area (Å²) in [5.74, 6) is -0.122. The predicted octanol–water partition coefficient (Wildman–Crippen LogP) is 1.65. The predicted molar refractivity (Wildman–Crippen MR) is 98.5 cm³/mol. The number of nitrogens with zero attached hydrogens (tertiary/aromatic N) is 3. The Hall–Kier alpha value is -2.69. The van der Waals surface area contributed by atoms with E-state index in [1.54, 1.807) is 10.9 Å². The van der Waals surface area contributed by atoms with Gasteiger partial charge < -0.3 is 5.32 Å². The average Bonchev–Trinajstić information content (AvgIpc) is 3.09. The van der Waals surface area contributed by atoms with Crippen LogP contribution in [0.15, 0.2) is 71.0 Å². The van der Waals surface area contributed by atoms with Gasteiger partial charge in [-0.05, 0) is 36.4 Å². The molecule has 0 atom stereocenters. The highest BCUT2D eigenvalue weighted by Crippen LogP contribution is 2.20. The topological polar surface area (TPSA) is 120 Å². The lowest BCUT2D eigenvalue weighted by molar-refractivity contribution is -0.113. The molecule has 3 rings (SSSR count). The van der Waals surface area contributed by atoms with Crippen molar-refractivity contribution >= 4 is 33.4 Å². The van der Waals surface area contributed by atoms with E-state index in [0.29, 0.717) is 10.8 Å². The fourth-order valence-electron chi connectivity index (χ4n) is 2.14. The first-order valence-corrected chi connectivity index (χ1v) is 9.97. The van der Waals surface area contributed by atoms with Gasteiger partial charge in [0, 0.05) is 11.4 Å². The molecule has 0 spiro atoms. The number of para-hydroxylation sites is 1. The highest BCUT2D eigenvalue weighted by molar-refractivity contribution is 7.99. The Bertz CT molecular complexity index is 1000. The minimum atomic E-state index is -3.75. The quantitative estimate of drug-likeness (QED) is 0.619. The number of carbonyl (C=O) groups excluding carboxylic acids is 1.